The Labute approximate surface area is 117 Å². The number of carbonyl (C=O) groups is 1. The van der Waals surface area contributed by atoms with Gasteiger partial charge in [0.25, 0.3) is 0 Å². The Morgan fingerprint density at radius 3 is 2.90 bits per heavy atom. The number of nitriles is 1. The summed E-state index contributed by atoms with van der Waals surface area (Å²) in [6.45, 7) is 2.45. The summed E-state index contributed by atoms with van der Waals surface area (Å²) >= 11 is 0. The van der Waals surface area contributed by atoms with Crippen molar-refractivity contribution in [1.29, 1.82) is 5.26 Å². The van der Waals surface area contributed by atoms with Gasteiger partial charge in [-0.2, -0.15) is 5.26 Å². The van der Waals surface area contributed by atoms with Crippen molar-refractivity contribution in [3.05, 3.63) is 30.1 Å². The molecule has 1 atom stereocenters. The molecule has 2 rings (SSSR count). The van der Waals surface area contributed by atoms with E-state index in [1.807, 2.05) is 35.8 Å². The average molecular weight is 271 g/mol. The Balaban J connectivity index is 2.29. The minimum absolute atomic E-state index is 0.235. The van der Waals surface area contributed by atoms with Crippen LogP contribution in [0, 0.1) is 17.2 Å². The van der Waals surface area contributed by atoms with Gasteiger partial charge in [0.15, 0.2) is 0 Å². The van der Waals surface area contributed by atoms with E-state index in [9.17, 15) is 4.79 Å². The van der Waals surface area contributed by atoms with Gasteiger partial charge >= 0.3 is 5.97 Å². The number of aliphatic carboxylic acids is 1. The third-order valence-electron chi connectivity index (χ3n) is 3.51. The van der Waals surface area contributed by atoms with Crippen LogP contribution in [-0.2, 0) is 17.8 Å². The molecule has 0 bridgehead atoms. The Bertz CT molecular complexity index is 655. The van der Waals surface area contributed by atoms with Crippen molar-refractivity contribution in [2.45, 2.75) is 32.7 Å². The van der Waals surface area contributed by atoms with Gasteiger partial charge in [0.2, 0.25) is 0 Å². The maximum Gasteiger partial charge on any atom is 0.306 e. The van der Waals surface area contributed by atoms with Crippen LogP contribution in [0.25, 0.3) is 11.0 Å². The van der Waals surface area contributed by atoms with Gasteiger partial charge in [-0.1, -0.05) is 19.1 Å². The zero-order valence-corrected chi connectivity index (χ0v) is 11.4. The number of para-hydroxylation sites is 2. The largest absolute Gasteiger partial charge is 0.481 e. The van der Waals surface area contributed by atoms with Crippen LogP contribution in [0.5, 0.6) is 0 Å². The molecule has 0 saturated carbocycles. The summed E-state index contributed by atoms with van der Waals surface area (Å²) in [6, 6.07) is 9.79. The third-order valence-corrected chi connectivity index (χ3v) is 3.51. The summed E-state index contributed by atoms with van der Waals surface area (Å²) < 4.78 is 1.96. The van der Waals surface area contributed by atoms with Crippen LogP contribution in [0.15, 0.2) is 24.3 Å². The first-order valence-corrected chi connectivity index (χ1v) is 6.71. The second-order valence-corrected chi connectivity index (χ2v) is 4.74. The number of hydrogen-bond acceptors (Lipinski definition) is 3. The topological polar surface area (TPSA) is 78.9 Å². The molecule has 104 valence electrons. The van der Waals surface area contributed by atoms with E-state index in [0.29, 0.717) is 25.2 Å². The predicted octanol–water partition coefficient (Wildman–Crippen LogP) is 2.60. The number of carboxylic acid groups (broad SMARTS) is 1. The van der Waals surface area contributed by atoms with Crippen LogP contribution >= 0.6 is 0 Å². The van der Waals surface area contributed by atoms with Crippen LogP contribution in [0.2, 0.25) is 0 Å². The molecular formula is C15H17N3O2. The molecule has 0 aliphatic heterocycles. The number of fused-ring (bicyclic) bond motifs is 1. The molecule has 0 radical (unpaired) electrons. The number of hydrogen-bond donors (Lipinski definition) is 1. The fourth-order valence-electron chi connectivity index (χ4n) is 2.37. The minimum atomic E-state index is -0.765. The van der Waals surface area contributed by atoms with Crippen LogP contribution in [0.1, 0.15) is 25.6 Å². The lowest BCUT2D eigenvalue weighted by atomic mass is 10.0. The molecule has 0 saturated heterocycles. The summed E-state index contributed by atoms with van der Waals surface area (Å²) in [5, 5.41) is 18.0. The van der Waals surface area contributed by atoms with Gasteiger partial charge in [-0.15, -0.1) is 0 Å². The highest BCUT2D eigenvalue weighted by Gasteiger charge is 2.17. The number of aromatic nitrogens is 2. The number of rotatable bonds is 6. The molecular weight excluding hydrogens is 254 g/mol. The van der Waals surface area contributed by atoms with Gasteiger partial charge in [0, 0.05) is 6.54 Å². The lowest BCUT2D eigenvalue weighted by Gasteiger charge is -2.12. The van der Waals surface area contributed by atoms with E-state index < -0.39 is 5.97 Å². The molecule has 1 aromatic heterocycles. The first-order chi connectivity index (χ1) is 9.67. The SMILES string of the molecule is CCC(CCn1c(CC#N)nc2ccccc21)C(=O)O. The summed E-state index contributed by atoms with van der Waals surface area (Å²) in [5.41, 5.74) is 1.80. The molecule has 0 aliphatic rings. The second kappa shape index (κ2) is 6.20. The van der Waals surface area contributed by atoms with E-state index in [2.05, 4.69) is 11.1 Å². The molecule has 1 aromatic carbocycles. The van der Waals surface area contributed by atoms with E-state index in [0.717, 1.165) is 11.0 Å². The smallest absolute Gasteiger partial charge is 0.306 e. The van der Waals surface area contributed by atoms with Gasteiger partial charge in [-0.25, -0.2) is 4.98 Å². The van der Waals surface area contributed by atoms with Gasteiger partial charge in [0.05, 0.1) is 29.4 Å². The van der Waals surface area contributed by atoms with Crippen molar-refractivity contribution in [2.75, 3.05) is 0 Å². The molecule has 0 spiro atoms. The lowest BCUT2D eigenvalue weighted by Crippen LogP contribution is -2.16. The first-order valence-electron chi connectivity index (χ1n) is 6.71. The van der Waals surface area contributed by atoms with Gasteiger partial charge in [-0.05, 0) is 25.0 Å². The Morgan fingerprint density at radius 2 is 2.25 bits per heavy atom. The van der Waals surface area contributed by atoms with Crippen molar-refractivity contribution >= 4 is 17.0 Å². The van der Waals surface area contributed by atoms with Crippen molar-refractivity contribution in [2.24, 2.45) is 5.92 Å². The maximum atomic E-state index is 11.1. The van der Waals surface area contributed by atoms with Gasteiger partial charge < -0.3 is 9.67 Å². The molecule has 1 N–H and O–H groups in total. The van der Waals surface area contributed by atoms with Crippen LogP contribution in [0.4, 0.5) is 0 Å². The van der Waals surface area contributed by atoms with Crippen LogP contribution in [0.3, 0.4) is 0 Å². The molecule has 0 fully saturated rings. The molecule has 0 amide bonds. The van der Waals surface area contributed by atoms with E-state index in [-0.39, 0.29) is 12.3 Å². The van der Waals surface area contributed by atoms with Crippen molar-refractivity contribution < 1.29 is 9.90 Å². The fourth-order valence-corrected chi connectivity index (χ4v) is 2.37. The Kier molecular flexibility index (Phi) is 4.36. The summed E-state index contributed by atoms with van der Waals surface area (Å²) in [5.74, 6) is -0.418. The predicted molar refractivity (Wildman–Crippen MR) is 75.1 cm³/mol. The highest BCUT2D eigenvalue weighted by molar-refractivity contribution is 5.76. The molecule has 5 nitrogen and oxygen atoms in total. The first kappa shape index (κ1) is 14.1. The average Bonchev–Trinajstić information content (AvgIpc) is 2.77. The van der Waals surface area contributed by atoms with Crippen LogP contribution in [-0.4, -0.2) is 20.6 Å². The number of nitrogens with zero attached hydrogens (tertiary/aromatic N) is 3. The monoisotopic (exact) mass is 271 g/mol. The van der Waals surface area contributed by atoms with E-state index >= 15 is 0 Å². The molecule has 1 unspecified atom stereocenters. The molecule has 20 heavy (non-hydrogen) atoms. The zero-order chi connectivity index (χ0) is 14.5. The third kappa shape index (κ3) is 2.80. The number of carboxylic acids is 1. The fraction of sp³-hybridized carbons (Fsp3) is 0.400. The van der Waals surface area contributed by atoms with Crippen molar-refractivity contribution in [3.8, 4) is 6.07 Å². The van der Waals surface area contributed by atoms with E-state index in [1.165, 1.54) is 0 Å². The Morgan fingerprint density at radius 1 is 1.50 bits per heavy atom. The highest BCUT2D eigenvalue weighted by Crippen LogP contribution is 2.19. The van der Waals surface area contributed by atoms with Crippen molar-refractivity contribution in [1.82, 2.24) is 9.55 Å². The summed E-state index contributed by atoms with van der Waals surface area (Å²) in [7, 11) is 0. The quantitative estimate of drug-likeness (QED) is 0.875. The van der Waals surface area contributed by atoms with E-state index in [1.54, 1.807) is 0 Å². The zero-order valence-electron chi connectivity index (χ0n) is 11.4. The standard InChI is InChI=1S/C15H17N3O2/c1-2-11(15(19)20)8-10-18-13-6-4-3-5-12(13)17-14(18)7-9-16/h3-6,11H,2,7-8,10H2,1H3,(H,19,20). The highest BCUT2D eigenvalue weighted by atomic mass is 16.4. The van der Waals surface area contributed by atoms with Crippen LogP contribution < -0.4 is 0 Å². The number of benzene rings is 1. The van der Waals surface area contributed by atoms with Gasteiger partial charge in [0.1, 0.15) is 5.82 Å². The molecule has 0 aliphatic carbocycles. The molecule has 5 heteroatoms. The normalized spacial score (nSPS) is 12.2. The Hall–Kier alpha value is -2.35. The number of aryl methyl sites for hydroxylation is 1. The van der Waals surface area contributed by atoms with Crippen molar-refractivity contribution in [3.63, 3.8) is 0 Å². The maximum absolute atomic E-state index is 11.1. The summed E-state index contributed by atoms with van der Waals surface area (Å²) in [4.78, 5) is 15.5. The molecule has 1 heterocycles. The minimum Gasteiger partial charge on any atom is -0.481 e. The summed E-state index contributed by atoms with van der Waals surface area (Å²) in [6.07, 6.45) is 1.39. The van der Waals surface area contributed by atoms with E-state index in [4.69, 9.17) is 10.4 Å². The second-order valence-electron chi connectivity index (χ2n) is 4.74. The molecule has 2 aromatic rings. The number of imidazole rings is 1. The van der Waals surface area contributed by atoms with Gasteiger partial charge in [-0.3, -0.25) is 4.79 Å². The lowest BCUT2D eigenvalue weighted by molar-refractivity contribution is -0.142.